The summed E-state index contributed by atoms with van der Waals surface area (Å²) < 4.78 is 101. The zero-order valence-electron chi connectivity index (χ0n) is 37.7. The van der Waals surface area contributed by atoms with Crippen molar-refractivity contribution in [1.82, 2.24) is 0 Å². The van der Waals surface area contributed by atoms with Crippen LogP contribution >= 0.6 is 0 Å². The molecule has 17 heteroatoms. The van der Waals surface area contributed by atoms with E-state index in [2.05, 4.69) is 46.7 Å². The van der Waals surface area contributed by atoms with Gasteiger partial charge in [-0.05, 0) is 78.2 Å². The normalized spacial score (nSPS) is 17.9. The highest BCUT2D eigenvalue weighted by molar-refractivity contribution is 7.86. The molecule has 0 bridgehead atoms. The van der Waals surface area contributed by atoms with Gasteiger partial charge in [-0.2, -0.15) is 21.4 Å². The zero-order valence-corrected chi connectivity index (χ0v) is 39.4. The molecule has 2 heterocycles. The summed E-state index contributed by atoms with van der Waals surface area (Å²) in [6, 6.07) is 17.9. The number of nitrogens with zero attached hydrogens (tertiary/aromatic N) is 2. The van der Waals surface area contributed by atoms with Crippen LogP contribution in [-0.4, -0.2) is 127 Å². The fourth-order valence-electron chi connectivity index (χ4n) is 9.23. The van der Waals surface area contributed by atoms with Gasteiger partial charge in [-0.3, -0.25) is 13.9 Å². The van der Waals surface area contributed by atoms with E-state index in [1.165, 1.54) is 17.7 Å². The molecule has 1 atom stereocenters. The number of anilines is 1. The number of rotatable bonds is 25. The fraction of sp³-hybridized carbons (Fsp3) is 0.458. The number of fused-ring (bicyclic) bond motifs is 6. The molecule has 0 aromatic heterocycles. The Balaban J connectivity index is 1.41. The van der Waals surface area contributed by atoms with E-state index in [1.54, 1.807) is 20.3 Å². The molecule has 3 N–H and O–H groups in total. The first-order valence-electron chi connectivity index (χ1n) is 21.8. The van der Waals surface area contributed by atoms with Crippen molar-refractivity contribution < 1.29 is 64.1 Å². The second kappa shape index (κ2) is 21.4. The maximum absolute atomic E-state index is 12.7. The molecule has 65 heavy (non-hydrogen) atoms. The van der Waals surface area contributed by atoms with Crippen molar-refractivity contribution in [2.24, 2.45) is 0 Å². The van der Waals surface area contributed by atoms with Gasteiger partial charge in [-0.15, -0.1) is 0 Å². The number of carboxylic acid groups (broad SMARTS) is 1. The summed E-state index contributed by atoms with van der Waals surface area (Å²) in [5.74, 6) is -0.874. The summed E-state index contributed by atoms with van der Waals surface area (Å²) in [6.07, 6.45) is 8.53. The lowest BCUT2D eigenvalue weighted by atomic mass is 9.74. The quantitative estimate of drug-likeness (QED) is 0.0336. The SMILES string of the molecule is COCCOCCOCCOCCC1(C)C(/C=C/C=C2/N(CCCCCC(=O)O)c3ccc4c(S(=O)(=O)O)cc(S(=O)(=O)O)cc4c3C2(C)C)=[N+](CCOC)c2ccc3ccccc3c21. The summed E-state index contributed by atoms with van der Waals surface area (Å²) >= 11 is 0. The molecule has 15 nitrogen and oxygen atoms in total. The van der Waals surface area contributed by atoms with Gasteiger partial charge in [0.2, 0.25) is 5.69 Å². The molecule has 352 valence electrons. The van der Waals surface area contributed by atoms with Gasteiger partial charge in [0.25, 0.3) is 20.2 Å². The van der Waals surface area contributed by atoms with Crippen molar-refractivity contribution in [3.63, 3.8) is 0 Å². The lowest BCUT2D eigenvalue weighted by Gasteiger charge is -2.27. The van der Waals surface area contributed by atoms with Crippen LogP contribution in [0.1, 0.15) is 64.0 Å². The van der Waals surface area contributed by atoms with E-state index in [0.29, 0.717) is 103 Å². The second-order valence-corrected chi connectivity index (χ2v) is 19.8. The Kier molecular flexibility index (Phi) is 16.4. The maximum Gasteiger partial charge on any atom is 0.303 e. The van der Waals surface area contributed by atoms with E-state index in [4.69, 9.17) is 23.7 Å². The molecule has 0 aliphatic carbocycles. The van der Waals surface area contributed by atoms with Crippen LogP contribution in [0, 0.1) is 0 Å². The van der Waals surface area contributed by atoms with Gasteiger partial charge < -0.3 is 33.7 Å². The standard InChI is InChI=1S/C48H60N2O13S2/c1-47(2)42(49(22-10-6-7-16-44(51)52)39-20-18-37-38(45(39)47)32-35(64(53,54)55)33-41(37)65(56,57)58)14-11-15-43-48(3,21-24-61-28-29-63-31-30-62-27-26-60-5)46-36-13-9-8-12-34(36)17-19-40(46)50(43)23-25-59-4/h8-9,11-15,17-20,32-33H,6-7,10,16,21-31H2,1-5H3,(H2-,51,52,53,54,55,56,57,58)/p+1. The average molecular weight is 938 g/mol. The molecule has 2 aliphatic rings. The highest BCUT2D eigenvalue weighted by atomic mass is 32.2. The van der Waals surface area contributed by atoms with E-state index in [9.17, 15) is 35.8 Å². The summed E-state index contributed by atoms with van der Waals surface area (Å²) in [5, 5.41) is 11.9. The number of carboxylic acids is 1. The van der Waals surface area contributed by atoms with Crippen LogP contribution in [0.4, 0.5) is 11.4 Å². The van der Waals surface area contributed by atoms with Gasteiger partial charge >= 0.3 is 5.97 Å². The lowest BCUT2D eigenvalue weighted by Crippen LogP contribution is -2.33. The molecular weight excluding hydrogens is 877 g/mol. The van der Waals surface area contributed by atoms with E-state index < -0.39 is 46.8 Å². The highest BCUT2D eigenvalue weighted by Crippen LogP contribution is 2.52. The van der Waals surface area contributed by atoms with Crippen LogP contribution in [0.3, 0.4) is 0 Å². The lowest BCUT2D eigenvalue weighted by molar-refractivity contribution is -0.441. The molecule has 4 aromatic rings. The summed E-state index contributed by atoms with van der Waals surface area (Å²) in [5.41, 5.74) is 3.99. The monoisotopic (exact) mass is 937 g/mol. The molecule has 0 radical (unpaired) electrons. The zero-order chi connectivity index (χ0) is 47.0. The number of benzene rings is 4. The minimum absolute atomic E-state index is 0.0353. The largest absolute Gasteiger partial charge is 0.481 e. The first-order chi connectivity index (χ1) is 30.9. The number of aliphatic carboxylic acids is 1. The molecule has 0 saturated carbocycles. The molecule has 0 saturated heterocycles. The number of methoxy groups -OCH3 is 2. The van der Waals surface area contributed by atoms with Crippen molar-refractivity contribution in [2.45, 2.75) is 73.5 Å². The number of allylic oxidation sites excluding steroid dienone is 4. The highest BCUT2D eigenvalue weighted by Gasteiger charge is 2.49. The molecule has 6 rings (SSSR count). The first-order valence-corrected chi connectivity index (χ1v) is 24.7. The average Bonchev–Trinajstić information content (AvgIpc) is 3.62. The Hall–Kier alpha value is -4.56. The van der Waals surface area contributed by atoms with Crippen molar-refractivity contribution in [1.29, 1.82) is 0 Å². The van der Waals surface area contributed by atoms with Crippen molar-refractivity contribution in [2.75, 3.05) is 85.1 Å². The minimum Gasteiger partial charge on any atom is -0.481 e. The Bertz CT molecular complexity index is 2690. The predicted octanol–water partition coefficient (Wildman–Crippen LogP) is 7.46. The third-order valence-electron chi connectivity index (χ3n) is 12.3. The summed E-state index contributed by atoms with van der Waals surface area (Å²) in [4.78, 5) is 12.1. The summed E-state index contributed by atoms with van der Waals surface area (Å²) in [6.45, 7) is 10.9. The van der Waals surface area contributed by atoms with Crippen LogP contribution < -0.4 is 4.90 Å². The van der Waals surface area contributed by atoms with Gasteiger partial charge in [0, 0.05) is 73.7 Å². The van der Waals surface area contributed by atoms with Crippen molar-refractivity contribution in [3.8, 4) is 0 Å². The second-order valence-electron chi connectivity index (χ2n) is 16.9. The Morgan fingerprint density at radius 2 is 1.42 bits per heavy atom. The number of hydrogen-bond acceptors (Lipinski definition) is 11. The number of ether oxygens (including phenoxy) is 5. The maximum atomic E-state index is 12.7. The Labute approximate surface area is 381 Å². The molecule has 0 fully saturated rings. The molecule has 0 amide bonds. The molecule has 0 spiro atoms. The number of carbonyl (C=O) groups is 1. The van der Waals surface area contributed by atoms with Gasteiger partial charge in [0.15, 0.2) is 12.3 Å². The van der Waals surface area contributed by atoms with Gasteiger partial charge in [-0.25, -0.2) is 0 Å². The van der Waals surface area contributed by atoms with Gasteiger partial charge in [-0.1, -0.05) is 56.7 Å². The van der Waals surface area contributed by atoms with Crippen LogP contribution in [-0.2, 0) is 59.5 Å². The Morgan fingerprint density at radius 3 is 2.08 bits per heavy atom. The molecule has 1 unspecified atom stereocenters. The van der Waals surface area contributed by atoms with E-state index in [1.807, 2.05) is 38.1 Å². The Morgan fingerprint density at radius 1 is 0.738 bits per heavy atom. The third kappa shape index (κ3) is 11.2. The van der Waals surface area contributed by atoms with Crippen LogP contribution in [0.2, 0.25) is 0 Å². The predicted molar refractivity (Wildman–Crippen MR) is 249 cm³/mol. The van der Waals surface area contributed by atoms with Crippen LogP contribution in [0.25, 0.3) is 21.5 Å². The number of hydrogen-bond donors (Lipinski definition) is 3. The number of unbranched alkanes of at least 4 members (excludes halogenated alkanes) is 2. The molecule has 2 aliphatic heterocycles. The summed E-state index contributed by atoms with van der Waals surface area (Å²) in [7, 11) is -6.51. The molecule has 4 aromatic carbocycles. The van der Waals surface area contributed by atoms with Gasteiger partial charge in [0.1, 0.15) is 11.5 Å². The van der Waals surface area contributed by atoms with Crippen LogP contribution in [0.5, 0.6) is 0 Å². The van der Waals surface area contributed by atoms with E-state index >= 15 is 0 Å². The van der Waals surface area contributed by atoms with Crippen LogP contribution in [0.15, 0.2) is 94.4 Å². The van der Waals surface area contributed by atoms with E-state index in [-0.39, 0.29) is 17.2 Å². The van der Waals surface area contributed by atoms with E-state index in [0.717, 1.165) is 33.9 Å². The minimum atomic E-state index is -4.93. The van der Waals surface area contributed by atoms with Gasteiger partial charge in [0.05, 0.1) is 50.0 Å². The molecular formula is C48H61N2O13S2+. The fourth-order valence-corrected chi connectivity index (χ4v) is 10.6. The topological polar surface area (TPSA) is 198 Å². The third-order valence-corrected chi connectivity index (χ3v) is 14.0. The first kappa shape index (κ1) is 49.9. The smallest absolute Gasteiger partial charge is 0.303 e. The van der Waals surface area contributed by atoms with Crippen molar-refractivity contribution in [3.05, 3.63) is 95.7 Å². The van der Waals surface area contributed by atoms with Crippen molar-refractivity contribution >= 4 is 64.8 Å².